The summed E-state index contributed by atoms with van der Waals surface area (Å²) < 4.78 is 28.2. The van der Waals surface area contributed by atoms with Gasteiger partial charge >= 0.3 is 6.03 Å². The third kappa shape index (κ3) is 5.46. The molecular formula is C19H22BrN3O3S. The Labute approximate surface area is 168 Å². The number of carbonyl (C=O) groups excluding carboxylic acids is 1. The fourth-order valence-electron chi connectivity index (χ4n) is 2.93. The minimum atomic E-state index is -3.65. The Hall–Kier alpha value is -2.06. The second kappa shape index (κ2) is 8.75. The molecule has 0 radical (unpaired) electrons. The van der Waals surface area contributed by atoms with Crippen molar-refractivity contribution in [1.82, 2.24) is 4.90 Å². The van der Waals surface area contributed by atoms with E-state index in [2.05, 4.69) is 26.0 Å². The molecule has 1 aliphatic heterocycles. The molecule has 1 heterocycles. The van der Waals surface area contributed by atoms with Crippen molar-refractivity contribution in [2.45, 2.75) is 30.6 Å². The third-order valence-electron chi connectivity index (χ3n) is 4.41. The number of carbonyl (C=O) groups is 1. The zero-order chi connectivity index (χ0) is 19.3. The summed E-state index contributed by atoms with van der Waals surface area (Å²) in [5.41, 5.74) is 1.07. The van der Waals surface area contributed by atoms with Crippen molar-refractivity contribution in [2.24, 2.45) is 0 Å². The van der Waals surface area contributed by atoms with E-state index in [-0.39, 0.29) is 10.9 Å². The van der Waals surface area contributed by atoms with Crippen molar-refractivity contribution >= 4 is 43.4 Å². The van der Waals surface area contributed by atoms with Gasteiger partial charge in [0.05, 0.1) is 4.90 Å². The number of sulfonamides is 1. The Kier molecular flexibility index (Phi) is 6.38. The van der Waals surface area contributed by atoms with Gasteiger partial charge in [0.25, 0.3) is 10.0 Å². The van der Waals surface area contributed by atoms with Crippen LogP contribution in [0.25, 0.3) is 0 Å². The summed E-state index contributed by atoms with van der Waals surface area (Å²) in [7, 11) is -3.65. The Balaban J connectivity index is 1.63. The number of hydrogen-bond acceptors (Lipinski definition) is 3. The normalized spacial score (nSPS) is 15.1. The van der Waals surface area contributed by atoms with E-state index in [1.807, 2.05) is 4.90 Å². The van der Waals surface area contributed by atoms with Gasteiger partial charge in [0.1, 0.15) is 0 Å². The summed E-state index contributed by atoms with van der Waals surface area (Å²) >= 11 is 3.29. The van der Waals surface area contributed by atoms with E-state index in [1.54, 1.807) is 36.4 Å². The van der Waals surface area contributed by atoms with Gasteiger partial charge in [-0.1, -0.05) is 28.8 Å². The van der Waals surface area contributed by atoms with E-state index < -0.39 is 10.0 Å². The van der Waals surface area contributed by atoms with Gasteiger partial charge in [-0.15, -0.1) is 0 Å². The predicted octanol–water partition coefficient (Wildman–Crippen LogP) is 4.66. The summed E-state index contributed by atoms with van der Waals surface area (Å²) in [6.07, 6.45) is 4.39. The van der Waals surface area contributed by atoms with E-state index in [1.165, 1.54) is 12.1 Å². The molecule has 0 bridgehead atoms. The lowest BCUT2D eigenvalue weighted by Gasteiger charge is -2.20. The highest BCUT2D eigenvalue weighted by Gasteiger charge is 2.16. The van der Waals surface area contributed by atoms with Crippen LogP contribution < -0.4 is 10.0 Å². The minimum Gasteiger partial charge on any atom is -0.325 e. The second-order valence-corrected chi connectivity index (χ2v) is 9.07. The standard InChI is InChI=1S/C19H22BrN3O3S/c20-15-5-11-18(12-6-15)27(25,26)22-17-9-7-16(8-10-17)21-19(24)23-13-3-1-2-4-14-23/h5-12,22H,1-4,13-14H2,(H,21,24). The highest BCUT2D eigenvalue weighted by atomic mass is 79.9. The number of halogens is 1. The molecule has 0 aromatic heterocycles. The van der Waals surface area contributed by atoms with Crippen molar-refractivity contribution in [3.63, 3.8) is 0 Å². The Bertz CT molecular complexity index is 875. The van der Waals surface area contributed by atoms with Crippen LogP contribution in [0.1, 0.15) is 25.7 Å². The monoisotopic (exact) mass is 451 g/mol. The summed E-state index contributed by atoms with van der Waals surface area (Å²) in [5, 5.41) is 2.87. The SMILES string of the molecule is O=C(Nc1ccc(NS(=O)(=O)c2ccc(Br)cc2)cc1)N1CCCCCC1. The molecule has 1 aliphatic rings. The number of urea groups is 1. The number of nitrogens with zero attached hydrogens (tertiary/aromatic N) is 1. The van der Waals surface area contributed by atoms with Crippen LogP contribution in [0.3, 0.4) is 0 Å². The van der Waals surface area contributed by atoms with Crippen molar-refractivity contribution in [3.8, 4) is 0 Å². The molecule has 8 heteroatoms. The molecular weight excluding hydrogens is 430 g/mol. The number of anilines is 2. The topological polar surface area (TPSA) is 78.5 Å². The van der Waals surface area contributed by atoms with Crippen molar-refractivity contribution in [3.05, 3.63) is 53.0 Å². The molecule has 2 aromatic rings. The van der Waals surface area contributed by atoms with E-state index >= 15 is 0 Å². The van der Waals surface area contributed by atoms with E-state index in [9.17, 15) is 13.2 Å². The average Bonchev–Trinajstić information content (AvgIpc) is 2.93. The molecule has 0 atom stereocenters. The molecule has 27 heavy (non-hydrogen) atoms. The van der Waals surface area contributed by atoms with Gasteiger partial charge in [-0.2, -0.15) is 0 Å². The summed E-state index contributed by atoms with van der Waals surface area (Å²) in [4.78, 5) is 14.4. The molecule has 0 aliphatic carbocycles. The van der Waals surface area contributed by atoms with E-state index in [0.717, 1.165) is 43.2 Å². The molecule has 0 saturated carbocycles. The van der Waals surface area contributed by atoms with Gasteiger partial charge in [-0.3, -0.25) is 4.72 Å². The van der Waals surface area contributed by atoms with Crippen LogP contribution in [-0.4, -0.2) is 32.4 Å². The van der Waals surface area contributed by atoms with E-state index in [0.29, 0.717) is 11.4 Å². The largest absolute Gasteiger partial charge is 0.325 e. The van der Waals surface area contributed by atoms with Crippen LogP contribution in [0.15, 0.2) is 57.9 Å². The molecule has 3 rings (SSSR count). The van der Waals surface area contributed by atoms with Crippen LogP contribution in [0.4, 0.5) is 16.2 Å². The third-order valence-corrected chi connectivity index (χ3v) is 6.33. The summed E-state index contributed by atoms with van der Waals surface area (Å²) in [5.74, 6) is 0. The number of benzene rings is 2. The van der Waals surface area contributed by atoms with Gasteiger partial charge in [0.2, 0.25) is 0 Å². The highest BCUT2D eigenvalue weighted by molar-refractivity contribution is 9.10. The molecule has 2 aromatic carbocycles. The minimum absolute atomic E-state index is 0.111. The quantitative estimate of drug-likeness (QED) is 0.709. The fraction of sp³-hybridized carbons (Fsp3) is 0.316. The van der Waals surface area contributed by atoms with Gasteiger partial charge in [-0.05, 0) is 61.4 Å². The van der Waals surface area contributed by atoms with Crippen molar-refractivity contribution in [1.29, 1.82) is 0 Å². The zero-order valence-corrected chi connectivity index (χ0v) is 17.2. The molecule has 144 valence electrons. The van der Waals surface area contributed by atoms with Crippen LogP contribution in [-0.2, 0) is 10.0 Å². The molecule has 1 saturated heterocycles. The van der Waals surface area contributed by atoms with E-state index in [4.69, 9.17) is 0 Å². The van der Waals surface area contributed by atoms with Gasteiger partial charge in [0.15, 0.2) is 0 Å². The average molecular weight is 452 g/mol. The maximum atomic E-state index is 12.4. The molecule has 2 amide bonds. The van der Waals surface area contributed by atoms with Crippen molar-refractivity contribution < 1.29 is 13.2 Å². The smallest absolute Gasteiger partial charge is 0.321 e. The number of likely N-dealkylation sites (tertiary alicyclic amines) is 1. The number of nitrogens with one attached hydrogen (secondary N) is 2. The lowest BCUT2D eigenvalue weighted by molar-refractivity contribution is 0.214. The highest BCUT2D eigenvalue weighted by Crippen LogP contribution is 2.20. The second-order valence-electron chi connectivity index (χ2n) is 6.47. The fourth-order valence-corrected chi connectivity index (χ4v) is 4.25. The van der Waals surface area contributed by atoms with Crippen LogP contribution in [0, 0.1) is 0 Å². The van der Waals surface area contributed by atoms with Gasteiger partial charge in [0, 0.05) is 28.9 Å². The van der Waals surface area contributed by atoms with Crippen LogP contribution in [0.5, 0.6) is 0 Å². The molecule has 2 N–H and O–H groups in total. The Morgan fingerprint density at radius 1 is 0.852 bits per heavy atom. The summed E-state index contributed by atoms with van der Waals surface area (Å²) in [6.45, 7) is 1.55. The predicted molar refractivity (Wildman–Crippen MR) is 110 cm³/mol. The molecule has 1 fully saturated rings. The molecule has 0 spiro atoms. The van der Waals surface area contributed by atoms with Gasteiger partial charge < -0.3 is 10.2 Å². The first-order chi connectivity index (χ1) is 12.9. The van der Waals surface area contributed by atoms with Crippen molar-refractivity contribution in [2.75, 3.05) is 23.1 Å². The first-order valence-electron chi connectivity index (χ1n) is 8.88. The lowest BCUT2D eigenvalue weighted by atomic mass is 10.2. The first kappa shape index (κ1) is 19.7. The lowest BCUT2D eigenvalue weighted by Crippen LogP contribution is -2.35. The summed E-state index contributed by atoms with van der Waals surface area (Å²) in [6, 6.07) is 12.9. The first-order valence-corrected chi connectivity index (χ1v) is 11.2. The van der Waals surface area contributed by atoms with Gasteiger partial charge in [-0.25, -0.2) is 13.2 Å². The Morgan fingerprint density at radius 2 is 1.41 bits per heavy atom. The van der Waals surface area contributed by atoms with Crippen LogP contribution >= 0.6 is 15.9 Å². The maximum absolute atomic E-state index is 12.4. The Morgan fingerprint density at radius 3 is 2.00 bits per heavy atom. The molecule has 6 nitrogen and oxygen atoms in total. The number of amides is 2. The van der Waals surface area contributed by atoms with Crippen LogP contribution in [0.2, 0.25) is 0 Å². The maximum Gasteiger partial charge on any atom is 0.321 e. The molecule has 0 unspecified atom stereocenters. The number of rotatable bonds is 4. The zero-order valence-electron chi connectivity index (χ0n) is 14.8. The number of hydrogen-bond donors (Lipinski definition) is 2.